The molecule has 0 spiro atoms. The van der Waals surface area contributed by atoms with Gasteiger partial charge in [-0.25, -0.2) is 0 Å². The van der Waals surface area contributed by atoms with Crippen LogP contribution < -0.4 is 5.32 Å². The van der Waals surface area contributed by atoms with Crippen molar-refractivity contribution >= 4 is 5.91 Å². The molecule has 1 aliphatic carbocycles. The van der Waals surface area contributed by atoms with Gasteiger partial charge in [0.2, 0.25) is 0 Å². The molecule has 0 radical (unpaired) electrons. The van der Waals surface area contributed by atoms with E-state index in [0.29, 0.717) is 11.5 Å². The molecule has 1 saturated carbocycles. The lowest BCUT2D eigenvalue weighted by molar-refractivity contribution is 0.0829. The van der Waals surface area contributed by atoms with Gasteiger partial charge in [0.05, 0.1) is 11.8 Å². The summed E-state index contributed by atoms with van der Waals surface area (Å²) < 4.78 is 1.75. The van der Waals surface area contributed by atoms with Crippen LogP contribution >= 0.6 is 0 Å². The van der Waals surface area contributed by atoms with Crippen LogP contribution in [0.4, 0.5) is 0 Å². The number of hydrogen-bond acceptors (Lipinski definition) is 2. The predicted molar refractivity (Wildman–Crippen MR) is 80.6 cm³/mol. The monoisotopic (exact) mass is 277 g/mol. The Kier molecular flexibility index (Phi) is 4.21. The van der Waals surface area contributed by atoms with Crippen LogP contribution in [0.15, 0.2) is 6.20 Å². The molecule has 2 rings (SSSR count). The summed E-state index contributed by atoms with van der Waals surface area (Å²) in [5.41, 5.74) is 1.86. The van der Waals surface area contributed by atoms with Gasteiger partial charge in [-0.1, -0.05) is 33.6 Å². The molecule has 1 fully saturated rings. The molecule has 0 aromatic carbocycles. The maximum Gasteiger partial charge on any atom is 0.254 e. The van der Waals surface area contributed by atoms with Gasteiger partial charge in [0.15, 0.2) is 0 Å². The first kappa shape index (κ1) is 15.1. The third-order valence-corrected chi connectivity index (χ3v) is 4.67. The summed E-state index contributed by atoms with van der Waals surface area (Å²) in [6.07, 6.45) is 6.46. The molecule has 1 aromatic rings. The predicted octanol–water partition coefficient (Wildman–Crippen LogP) is 3.06. The summed E-state index contributed by atoms with van der Waals surface area (Å²) in [4.78, 5) is 12.5. The molecular weight excluding hydrogens is 250 g/mol. The number of hydrogen-bond donors (Lipinski definition) is 1. The lowest BCUT2D eigenvalue weighted by atomic mass is 9.69. The average Bonchev–Trinajstić information content (AvgIpc) is 2.69. The molecule has 0 bridgehead atoms. The van der Waals surface area contributed by atoms with Gasteiger partial charge in [-0.05, 0) is 31.1 Å². The minimum atomic E-state index is 0.0248. The summed E-state index contributed by atoms with van der Waals surface area (Å²) in [6, 6.07) is 0.288. The van der Waals surface area contributed by atoms with Crippen molar-refractivity contribution in [1.82, 2.24) is 15.1 Å². The van der Waals surface area contributed by atoms with Crippen LogP contribution in [0.25, 0.3) is 0 Å². The standard InChI is InChI=1S/C16H27N3O/c1-11-12(10-17-19(11)5)15(20)18-14-9-7-6-8-13(14)16(2,3)4/h10,13-14H,6-9H2,1-5H3,(H,18,20)/t13-,14-/m0/s1. The van der Waals surface area contributed by atoms with Crippen molar-refractivity contribution in [2.24, 2.45) is 18.4 Å². The van der Waals surface area contributed by atoms with E-state index in [0.717, 1.165) is 12.1 Å². The maximum atomic E-state index is 12.5. The molecule has 4 heteroatoms. The van der Waals surface area contributed by atoms with Crippen LogP contribution in [0, 0.1) is 18.3 Å². The Morgan fingerprint density at radius 1 is 1.35 bits per heavy atom. The third-order valence-electron chi connectivity index (χ3n) is 4.67. The largest absolute Gasteiger partial charge is 0.349 e. The summed E-state index contributed by atoms with van der Waals surface area (Å²) in [7, 11) is 1.87. The van der Waals surface area contributed by atoms with Gasteiger partial charge in [0.1, 0.15) is 0 Å². The number of carbonyl (C=O) groups is 1. The third kappa shape index (κ3) is 3.05. The van der Waals surface area contributed by atoms with Crippen LogP contribution in [-0.2, 0) is 7.05 Å². The lowest BCUT2D eigenvalue weighted by Gasteiger charge is -2.40. The molecule has 20 heavy (non-hydrogen) atoms. The van der Waals surface area contributed by atoms with Crippen molar-refractivity contribution < 1.29 is 4.79 Å². The van der Waals surface area contributed by atoms with Gasteiger partial charge in [0, 0.05) is 18.8 Å². The van der Waals surface area contributed by atoms with Crippen molar-refractivity contribution in [2.45, 2.75) is 59.4 Å². The Hall–Kier alpha value is -1.32. The van der Waals surface area contributed by atoms with E-state index in [9.17, 15) is 4.79 Å². The number of nitrogens with zero attached hydrogens (tertiary/aromatic N) is 2. The highest BCUT2D eigenvalue weighted by Crippen LogP contribution is 2.38. The van der Waals surface area contributed by atoms with E-state index in [1.807, 2.05) is 14.0 Å². The molecule has 1 heterocycles. The maximum absolute atomic E-state index is 12.5. The molecule has 4 nitrogen and oxygen atoms in total. The van der Waals surface area contributed by atoms with E-state index < -0.39 is 0 Å². The molecular formula is C16H27N3O. The van der Waals surface area contributed by atoms with Crippen LogP contribution in [-0.4, -0.2) is 21.7 Å². The number of rotatable bonds is 2. The van der Waals surface area contributed by atoms with Crippen molar-refractivity contribution in [1.29, 1.82) is 0 Å². The highest BCUT2D eigenvalue weighted by atomic mass is 16.1. The quantitative estimate of drug-likeness (QED) is 0.903. The first-order valence-corrected chi connectivity index (χ1v) is 7.60. The zero-order valence-corrected chi connectivity index (χ0v) is 13.4. The van der Waals surface area contributed by atoms with Crippen LogP contribution in [0.5, 0.6) is 0 Å². The minimum absolute atomic E-state index is 0.0248. The van der Waals surface area contributed by atoms with Crippen molar-refractivity contribution in [3.05, 3.63) is 17.5 Å². The molecule has 0 unspecified atom stereocenters. The Labute approximate surface area is 121 Å². The summed E-state index contributed by atoms with van der Waals surface area (Å²) >= 11 is 0. The summed E-state index contributed by atoms with van der Waals surface area (Å²) in [5, 5.41) is 7.41. The Morgan fingerprint density at radius 2 is 2.00 bits per heavy atom. The highest BCUT2D eigenvalue weighted by molar-refractivity contribution is 5.95. The second-order valence-corrected chi connectivity index (χ2v) is 7.10. The van der Waals surface area contributed by atoms with E-state index in [2.05, 4.69) is 31.2 Å². The first-order chi connectivity index (χ1) is 9.30. The fourth-order valence-electron chi connectivity index (χ4n) is 3.31. The number of carbonyl (C=O) groups excluding carboxylic acids is 1. The Balaban J connectivity index is 2.11. The second-order valence-electron chi connectivity index (χ2n) is 7.10. The zero-order valence-electron chi connectivity index (χ0n) is 13.4. The van der Waals surface area contributed by atoms with Crippen molar-refractivity contribution in [3.8, 4) is 0 Å². The molecule has 0 saturated heterocycles. The highest BCUT2D eigenvalue weighted by Gasteiger charge is 2.35. The topological polar surface area (TPSA) is 46.9 Å². The molecule has 112 valence electrons. The molecule has 1 aromatic heterocycles. The summed E-state index contributed by atoms with van der Waals surface area (Å²) in [5.74, 6) is 0.578. The SMILES string of the molecule is Cc1c(C(=O)N[C@H]2CCCC[C@@H]2C(C)(C)C)cnn1C. The van der Waals surface area contributed by atoms with E-state index in [1.54, 1.807) is 10.9 Å². The van der Waals surface area contributed by atoms with Gasteiger partial charge in [-0.15, -0.1) is 0 Å². The van der Waals surface area contributed by atoms with E-state index >= 15 is 0 Å². The van der Waals surface area contributed by atoms with Crippen LogP contribution in [0.3, 0.4) is 0 Å². The summed E-state index contributed by atoms with van der Waals surface area (Å²) in [6.45, 7) is 8.76. The molecule has 1 aliphatic rings. The second kappa shape index (κ2) is 5.58. The zero-order chi connectivity index (χ0) is 14.9. The van der Waals surface area contributed by atoms with Gasteiger partial charge < -0.3 is 5.32 Å². The number of aromatic nitrogens is 2. The lowest BCUT2D eigenvalue weighted by Crippen LogP contribution is -2.46. The van der Waals surface area contributed by atoms with Crippen LogP contribution in [0.1, 0.15) is 62.5 Å². The minimum Gasteiger partial charge on any atom is -0.349 e. The number of nitrogens with one attached hydrogen (secondary N) is 1. The Bertz CT molecular complexity index is 484. The van der Waals surface area contributed by atoms with Crippen LogP contribution in [0.2, 0.25) is 0 Å². The number of amides is 1. The van der Waals surface area contributed by atoms with Gasteiger partial charge in [-0.2, -0.15) is 5.10 Å². The molecule has 1 amide bonds. The number of aryl methyl sites for hydroxylation is 1. The van der Waals surface area contributed by atoms with E-state index in [-0.39, 0.29) is 17.4 Å². The first-order valence-electron chi connectivity index (χ1n) is 7.60. The molecule has 1 N–H and O–H groups in total. The average molecular weight is 277 g/mol. The van der Waals surface area contributed by atoms with Gasteiger partial charge >= 0.3 is 0 Å². The molecule has 2 atom stereocenters. The van der Waals surface area contributed by atoms with Crippen molar-refractivity contribution in [2.75, 3.05) is 0 Å². The normalized spacial score (nSPS) is 23.6. The van der Waals surface area contributed by atoms with Gasteiger partial charge in [0.25, 0.3) is 5.91 Å². The smallest absolute Gasteiger partial charge is 0.254 e. The fourth-order valence-corrected chi connectivity index (χ4v) is 3.31. The van der Waals surface area contributed by atoms with E-state index in [1.165, 1.54) is 19.3 Å². The van der Waals surface area contributed by atoms with Crippen molar-refractivity contribution in [3.63, 3.8) is 0 Å². The van der Waals surface area contributed by atoms with E-state index in [4.69, 9.17) is 0 Å². The Morgan fingerprint density at radius 3 is 2.55 bits per heavy atom. The van der Waals surface area contributed by atoms with Gasteiger partial charge in [-0.3, -0.25) is 9.48 Å². The fraction of sp³-hybridized carbons (Fsp3) is 0.750. The molecule has 0 aliphatic heterocycles.